The molecule has 0 spiro atoms. The van der Waals surface area contributed by atoms with Crippen molar-refractivity contribution in [2.75, 3.05) is 39.8 Å². The standard InChI is InChI=1S/C10H21N3O2/c1-15-10(14)12-5-7-13-6-3-9(8-13)2-4-11/h9H,2-8,11H2,1H3,(H,12,14). The van der Waals surface area contributed by atoms with Crippen LogP contribution in [-0.4, -0.2) is 50.8 Å². The fourth-order valence-corrected chi connectivity index (χ4v) is 1.98. The molecule has 0 radical (unpaired) electrons. The van der Waals surface area contributed by atoms with Crippen molar-refractivity contribution in [2.24, 2.45) is 11.7 Å². The minimum atomic E-state index is -0.354. The summed E-state index contributed by atoms with van der Waals surface area (Å²) in [7, 11) is 1.38. The first-order valence-electron chi connectivity index (χ1n) is 5.50. The maximum atomic E-state index is 10.8. The number of alkyl carbamates (subject to hydrolysis) is 1. The second-order valence-electron chi connectivity index (χ2n) is 3.95. The van der Waals surface area contributed by atoms with E-state index >= 15 is 0 Å². The van der Waals surface area contributed by atoms with Gasteiger partial charge in [0.15, 0.2) is 0 Å². The van der Waals surface area contributed by atoms with Crippen molar-refractivity contribution in [2.45, 2.75) is 12.8 Å². The van der Waals surface area contributed by atoms with Crippen molar-refractivity contribution >= 4 is 6.09 Å². The summed E-state index contributed by atoms with van der Waals surface area (Å²) >= 11 is 0. The van der Waals surface area contributed by atoms with E-state index in [1.165, 1.54) is 13.5 Å². The molecule has 5 heteroatoms. The van der Waals surface area contributed by atoms with Gasteiger partial charge in [-0.15, -0.1) is 0 Å². The van der Waals surface area contributed by atoms with Crippen LogP contribution in [0.5, 0.6) is 0 Å². The number of hydrogen-bond donors (Lipinski definition) is 2. The van der Waals surface area contributed by atoms with Crippen molar-refractivity contribution in [3.05, 3.63) is 0 Å². The van der Waals surface area contributed by atoms with Gasteiger partial charge >= 0.3 is 6.09 Å². The summed E-state index contributed by atoms with van der Waals surface area (Å²) in [6.07, 6.45) is 1.99. The summed E-state index contributed by atoms with van der Waals surface area (Å²) < 4.78 is 4.49. The highest BCUT2D eigenvalue weighted by Crippen LogP contribution is 2.17. The lowest BCUT2D eigenvalue weighted by atomic mass is 10.1. The molecule has 1 rings (SSSR count). The third-order valence-electron chi connectivity index (χ3n) is 2.83. The molecular weight excluding hydrogens is 194 g/mol. The first-order chi connectivity index (χ1) is 7.26. The van der Waals surface area contributed by atoms with E-state index in [1.807, 2.05) is 0 Å². The topological polar surface area (TPSA) is 67.6 Å². The van der Waals surface area contributed by atoms with Crippen LogP contribution >= 0.6 is 0 Å². The van der Waals surface area contributed by atoms with E-state index in [0.29, 0.717) is 6.54 Å². The van der Waals surface area contributed by atoms with Crippen LogP contribution in [0.25, 0.3) is 0 Å². The van der Waals surface area contributed by atoms with Gasteiger partial charge < -0.3 is 20.7 Å². The van der Waals surface area contributed by atoms with Crippen molar-refractivity contribution in [3.63, 3.8) is 0 Å². The molecule has 0 saturated carbocycles. The minimum absolute atomic E-state index is 0.354. The third kappa shape index (κ3) is 4.48. The highest BCUT2D eigenvalue weighted by molar-refractivity contribution is 5.66. The molecule has 1 amide bonds. The Hall–Kier alpha value is -0.810. The molecule has 1 atom stereocenters. The monoisotopic (exact) mass is 215 g/mol. The number of hydrogen-bond acceptors (Lipinski definition) is 4. The van der Waals surface area contributed by atoms with Gasteiger partial charge in [0.05, 0.1) is 7.11 Å². The third-order valence-corrected chi connectivity index (χ3v) is 2.83. The molecule has 0 bridgehead atoms. The molecule has 0 aromatic rings. The highest BCUT2D eigenvalue weighted by Gasteiger charge is 2.21. The summed E-state index contributed by atoms with van der Waals surface area (Å²) in [5, 5.41) is 2.68. The van der Waals surface area contributed by atoms with Gasteiger partial charge in [0, 0.05) is 19.6 Å². The SMILES string of the molecule is COC(=O)NCCN1CCC(CCN)C1. The number of amides is 1. The first-order valence-corrected chi connectivity index (χ1v) is 5.50. The maximum absolute atomic E-state index is 10.8. The number of nitrogens with zero attached hydrogens (tertiary/aromatic N) is 1. The van der Waals surface area contributed by atoms with Crippen molar-refractivity contribution in [1.82, 2.24) is 10.2 Å². The lowest BCUT2D eigenvalue weighted by Gasteiger charge is -2.15. The van der Waals surface area contributed by atoms with Crippen molar-refractivity contribution < 1.29 is 9.53 Å². The molecule has 0 aromatic heterocycles. The van der Waals surface area contributed by atoms with E-state index in [1.54, 1.807) is 0 Å². The Labute approximate surface area is 90.9 Å². The zero-order valence-electron chi connectivity index (χ0n) is 9.37. The zero-order valence-corrected chi connectivity index (χ0v) is 9.37. The van der Waals surface area contributed by atoms with Crippen LogP contribution in [0.15, 0.2) is 0 Å². The minimum Gasteiger partial charge on any atom is -0.453 e. The number of ether oxygens (including phenoxy) is 1. The molecule has 15 heavy (non-hydrogen) atoms. The number of carbonyl (C=O) groups is 1. The molecule has 1 fully saturated rings. The fourth-order valence-electron chi connectivity index (χ4n) is 1.98. The van der Waals surface area contributed by atoms with Gasteiger partial charge in [0.2, 0.25) is 0 Å². The van der Waals surface area contributed by atoms with Crippen LogP contribution < -0.4 is 11.1 Å². The predicted molar refractivity (Wildman–Crippen MR) is 58.6 cm³/mol. The lowest BCUT2D eigenvalue weighted by molar-refractivity contribution is 0.169. The quantitative estimate of drug-likeness (QED) is 0.678. The Kier molecular flexibility index (Phi) is 5.42. The molecule has 1 aliphatic heterocycles. The van der Waals surface area contributed by atoms with Crippen LogP contribution in [0.1, 0.15) is 12.8 Å². The van der Waals surface area contributed by atoms with Gasteiger partial charge in [0.25, 0.3) is 0 Å². The number of nitrogens with two attached hydrogens (primary N) is 1. The fraction of sp³-hybridized carbons (Fsp3) is 0.900. The Balaban J connectivity index is 2.06. The molecule has 0 aliphatic carbocycles. The number of likely N-dealkylation sites (tertiary alicyclic amines) is 1. The molecule has 1 aliphatic rings. The van der Waals surface area contributed by atoms with Gasteiger partial charge in [0.1, 0.15) is 0 Å². The number of carbonyl (C=O) groups excluding carboxylic acids is 1. The van der Waals surface area contributed by atoms with Gasteiger partial charge in [-0.3, -0.25) is 0 Å². The molecule has 1 unspecified atom stereocenters. The predicted octanol–water partition coefficient (Wildman–Crippen LogP) is 0.0131. The number of rotatable bonds is 5. The molecule has 0 aromatic carbocycles. The van der Waals surface area contributed by atoms with Crippen LogP contribution in [0.2, 0.25) is 0 Å². The number of methoxy groups -OCH3 is 1. The van der Waals surface area contributed by atoms with Gasteiger partial charge in [-0.25, -0.2) is 4.79 Å². The first kappa shape index (κ1) is 12.3. The van der Waals surface area contributed by atoms with Crippen LogP contribution in [-0.2, 0) is 4.74 Å². The van der Waals surface area contributed by atoms with Gasteiger partial charge in [-0.1, -0.05) is 0 Å². The summed E-state index contributed by atoms with van der Waals surface area (Å²) in [5.74, 6) is 0.744. The summed E-state index contributed by atoms with van der Waals surface area (Å²) in [4.78, 5) is 13.1. The zero-order chi connectivity index (χ0) is 11.1. The largest absolute Gasteiger partial charge is 0.453 e. The van der Waals surface area contributed by atoms with Gasteiger partial charge in [-0.05, 0) is 31.8 Å². The molecule has 88 valence electrons. The van der Waals surface area contributed by atoms with Gasteiger partial charge in [-0.2, -0.15) is 0 Å². The van der Waals surface area contributed by atoms with Crippen LogP contribution in [0, 0.1) is 5.92 Å². The van der Waals surface area contributed by atoms with E-state index in [2.05, 4.69) is 15.0 Å². The van der Waals surface area contributed by atoms with Crippen molar-refractivity contribution in [1.29, 1.82) is 0 Å². The van der Waals surface area contributed by atoms with E-state index in [4.69, 9.17) is 5.73 Å². The maximum Gasteiger partial charge on any atom is 0.406 e. The Morgan fingerprint density at radius 3 is 3.13 bits per heavy atom. The Morgan fingerprint density at radius 1 is 1.67 bits per heavy atom. The summed E-state index contributed by atoms with van der Waals surface area (Å²) in [6.45, 7) is 4.56. The highest BCUT2D eigenvalue weighted by atomic mass is 16.5. The summed E-state index contributed by atoms with van der Waals surface area (Å²) in [6, 6.07) is 0. The number of nitrogens with one attached hydrogen (secondary N) is 1. The second kappa shape index (κ2) is 6.63. The summed E-state index contributed by atoms with van der Waals surface area (Å²) in [5.41, 5.74) is 5.52. The van der Waals surface area contributed by atoms with E-state index in [0.717, 1.165) is 38.5 Å². The van der Waals surface area contributed by atoms with E-state index in [9.17, 15) is 4.79 Å². The lowest BCUT2D eigenvalue weighted by Crippen LogP contribution is -2.33. The smallest absolute Gasteiger partial charge is 0.406 e. The normalized spacial score (nSPS) is 21.6. The van der Waals surface area contributed by atoms with Crippen molar-refractivity contribution in [3.8, 4) is 0 Å². The Morgan fingerprint density at radius 2 is 2.47 bits per heavy atom. The van der Waals surface area contributed by atoms with Crippen LogP contribution in [0.4, 0.5) is 4.79 Å². The van der Waals surface area contributed by atoms with E-state index < -0.39 is 0 Å². The Bertz CT molecular complexity index is 199. The average molecular weight is 215 g/mol. The molecule has 1 heterocycles. The molecule has 1 saturated heterocycles. The molecular formula is C10H21N3O2. The molecule has 3 N–H and O–H groups in total. The second-order valence-corrected chi connectivity index (χ2v) is 3.95. The van der Waals surface area contributed by atoms with Crippen LogP contribution in [0.3, 0.4) is 0 Å². The van der Waals surface area contributed by atoms with E-state index in [-0.39, 0.29) is 6.09 Å². The molecule has 5 nitrogen and oxygen atoms in total. The average Bonchev–Trinajstić information content (AvgIpc) is 2.66.